The standard InChI is InChI=1S/C32H27BF10P/c1-13-9-15(3)31(16(4)10-13)44(32-17(5)11-14(2)12-18(32)6)8-7-33(19-21(34)25(38)29(42)26(39)22(19)35)20-23(36)27(40)30(43)28(41)24(20)37/h9-12,33H,7-8H2,1-6H3/q-1. The van der Waals surface area contributed by atoms with Crippen molar-refractivity contribution in [1.29, 1.82) is 0 Å². The number of halogens is 10. The third-order valence-corrected chi connectivity index (χ3v) is 11.3. The van der Waals surface area contributed by atoms with Gasteiger partial charge < -0.3 is 0 Å². The molecule has 0 atom stereocenters. The van der Waals surface area contributed by atoms with Crippen molar-refractivity contribution in [1.82, 2.24) is 0 Å². The molecule has 0 aliphatic carbocycles. The molecule has 0 saturated heterocycles. The van der Waals surface area contributed by atoms with Crippen LogP contribution >= 0.6 is 7.92 Å². The minimum atomic E-state index is -3.63. The number of hydrogen-bond acceptors (Lipinski definition) is 0. The van der Waals surface area contributed by atoms with E-state index in [9.17, 15) is 26.3 Å². The Morgan fingerprint density at radius 3 is 0.955 bits per heavy atom. The van der Waals surface area contributed by atoms with Crippen LogP contribution in [-0.2, 0) is 0 Å². The molecule has 0 nitrogen and oxygen atoms in total. The molecule has 0 unspecified atom stereocenters. The van der Waals surface area contributed by atoms with Crippen LogP contribution < -0.4 is 21.5 Å². The average molecular weight is 643 g/mol. The van der Waals surface area contributed by atoms with Crippen molar-refractivity contribution in [3.63, 3.8) is 0 Å². The van der Waals surface area contributed by atoms with Gasteiger partial charge in [0.15, 0.2) is 34.9 Å². The van der Waals surface area contributed by atoms with Gasteiger partial charge in [-0.1, -0.05) is 41.6 Å². The Morgan fingerprint density at radius 1 is 0.432 bits per heavy atom. The third kappa shape index (κ3) is 5.75. The van der Waals surface area contributed by atoms with E-state index in [1.54, 1.807) is 0 Å². The summed E-state index contributed by atoms with van der Waals surface area (Å²) in [6.07, 6.45) is -0.786. The zero-order valence-corrected chi connectivity index (χ0v) is 25.6. The highest BCUT2D eigenvalue weighted by molar-refractivity contribution is 7.73. The van der Waals surface area contributed by atoms with Gasteiger partial charge in [0.1, 0.15) is 23.3 Å². The first-order valence-electron chi connectivity index (χ1n) is 13.7. The van der Waals surface area contributed by atoms with Crippen LogP contribution in [-0.4, -0.2) is 12.9 Å². The van der Waals surface area contributed by atoms with Gasteiger partial charge in [-0.15, -0.1) is 10.9 Å². The molecule has 4 aromatic rings. The second-order valence-corrected chi connectivity index (χ2v) is 13.5. The van der Waals surface area contributed by atoms with Gasteiger partial charge >= 0.3 is 0 Å². The van der Waals surface area contributed by atoms with Gasteiger partial charge in [0.2, 0.25) is 0 Å². The Morgan fingerprint density at radius 2 is 0.682 bits per heavy atom. The highest BCUT2D eigenvalue weighted by Crippen LogP contribution is 2.41. The molecule has 0 aliphatic heterocycles. The Labute approximate surface area is 250 Å². The van der Waals surface area contributed by atoms with Crippen molar-refractivity contribution >= 4 is 36.2 Å². The second kappa shape index (κ2) is 12.6. The van der Waals surface area contributed by atoms with E-state index in [0.29, 0.717) is 0 Å². The Kier molecular flexibility index (Phi) is 9.60. The van der Waals surface area contributed by atoms with Gasteiger partial charge in [0.25, 0.3) is 0 Å². The van der Waals surface area contributed by atoms with Crippen molar-refractivity contribution < 1.29 is 43.9 Å². The number of hydrogen-bond donors (Lipinski definition) is 0. The van der Waals surface area contributed by atoms with Gasteiger partial charge in [-0.2, -0.15) is 6.32 Å². The molecule has 0 heterocycles. The predicted octanol–water partition coefficient (Wildman–Crippen LogP) is 7.40. The van der Waals surface area contributed by atoms with Crippen LogP contribution in [0.25, 0.3) is 0 Å². The fourth-order valence-electron chi connectivity index (χ4n) is 6.43. The molecule has 0 spiro atoms. The molecule has 0 N–H and O–H groups in total. The van der Waals surface area contributed by atoms with E-state index < -0.39 is 90.1 Å². The summed E-state index contributed by atoms with van der Waals surface area (Å²) in [6.45, 7) is 7.46. The molecule has 0 radical (unpaired) electrons. The summed E-state index contributed by atoms with van der Waals surface area (Å²) in [6, 6.07) is 7.59. The zero-order valence-electron chi connectivity index (χ0n) is 24.7. The molecule has 12 heteroatoms. The first-order valence-corrected chi connectivity index (χ1v) is 15.2. The fraction of sp³-hybridized carbons (Fsp3) is 0.250. The Balaban J connectivity index is 2.03. The lowest BCUT2D eigenvalue weighted by molar-refractivity contribution is 0.382. The first-order chi connectivity index (χ1) is 20.5. The topological polar surface area (TPSA) is 0 Å². The summed E-state index contributed by atoms with van der Waals surface area (Å²) in [5, 5.41) is 1.63. The molecule has 0 fully saturated rings. The summed E-state index contributed by atoms with van der Waals surface area (Å²) in [5.41, 5.74) is 1.96. The van der Waals surface area contributed by atoms with E-state index in [1.165, 1.54) is 0 Å². The van der Waals surface area contributed by atoms with E-state index in [1.807, 2.05) is 65.8 Å². The highest BCUT2D eigenvalue weighted by atomic mass is 31.1. The molecule has 4 rings (SSSR count). The number of aryl methyl sites for hydroxylation is 6. The number of benzene rings is 4. The lowest BCUT2D eigenvalue weighted by Crippen LogP contribution is -2.51. The van der Waals surface area contributed by atoms with E-state index in [-0.39, 0.29) is 6.16 Å². The largest absolute Gasteiger partial charge is 0.207 e. The van der Waals surface area contributed by atoms with Crippen LogP contribution in [0.4, 0.5) is 43.9 Å². The van der Waals surface area contributed by atoms with E-state index >= 15 is 17.6 Å². The lowest BCUT2D eigenvalue weighted by atomic mass is 9.38. The van der Waals surface area contributed by atoms with Gasteiger partial charge in [0, 0.05) is 0 Å². The molecule has 4 aromatic carbocycles. The summed E-state index contributed by atoms with van der Waals surface area (Å²) in [5.74, 6) is -24.1. The monoisotopic (exact) mass is 643 g/mol. The van der Waals surface area contributed by atoms with Gasteiger partial charge in [-0.25, -0.2) is 43.9 Å². The summed E-state index contributed by atoms with van der Waals surface area (Å²) >= 11 is 0. The maximum atomic E-state index is 15.2. The van der Waals surface area contributed by atoms with E-state index in [2.05, 4.69) is 0 Å². The van der Waals surface area contributed by atoms with Crippen LogP contribution in [0, 0.1) is 99.7 Å². The van der Waals surface area contributed by atoms with Crippen molar-refractivity contribution in [2.45, 2.75) is 47.9 Å². The maximum Gasteiger partial charge on any atom is 0.200 e. The summed E-state index contributed by atoms with van der Waals surface area (Å²) in [7, 11) is -1.55. The first kappa shape index (κ1) is 33.6. The van der Waals surface area contributed by atoms with Crippen LogP contribution in [0.2, 0.25) is 6.32 Å². The predicted molar refractivity (Wildman–Crippen MR) is 156 cm³/mol. The third-order valence-electron chi connectivity index (χ3n) is 8.00. The van der Waals surface area contributed by atoms with Crippen molar-refractivity contribution in [2.75, 3.05) is 6.16 Å². The number of rotatable bonds is 7. The molecule has 0 aliphatic rings. The molecule has 0 bridgehead atoms. The molecular formula is C32H27BF10P-. The molecule has 44 heavy (non-hydrogen) atoms. The van der Waals surface area contributed by atoms with Crippen LogP contribution in [0.5, 0.6) is 0 Å². The van der Waals surface area contributed by atoms with E-state index in [0.717, 1.165) is 44.0 Å². The van der Waals surface area contributed by atoms with Crippen molar-refractivity contribution in [3.05, 3.63) is 116 Å². The average Bonchev–Trinajstić information content (AvgIpc) is 2.94. The van der Waals surface area contributed by atoms with Gasteiger partial charge in [-0.05, 0) is 82.3 Å². The van der Waals surface area contributed by atoms with Gasteiger partial charge in [-0.3, -0.25) is 0 Å². The normalized spacial score (nSPS) is 11.8. The van der Waals surface area contributed by atoms with Crippen LogP contribution in [0.1, 0.15) is 33.4 Å². The Hall–Kier alpha value is -3.33. The van der Waals surface area contributed by atoms with Crippen molar-refractivity contribution in [3.8, 4) is 0 Å². The molecule has 0 amide bonds. The Bertz CT molecular complexity index is 1570. The fourth-order valence-corrected chi connectivity index (χ4v) is 9.69. The molecule has 0 aromatic heterocycles. The quantitative estimate of drug-likeness (QED) is 0.0648. The molecular weight excluding hydrogens is 616 g/mol. The van der Waals surface area contributed by atoms with Crippen molar-refractivity contribution in [2.24, 2.45) is 0 Å². The minimum Gasteiger partial charge on any atom is -0.207 e. The molecule has 0 saturated carbocycles. The van der Waals surface area contributed by atoms with Crippen LogP contribution in [0.15, 0.2) is 24.3 Å². The lowest BCUT2D eigenvalue weighted by Gasteiger charge is -2.32. The van der Waals surface area contributed by atoms with Crippen LogP contribution in [0.3, 0.4) is 0 Å². The highest BCUT2D eigenvalue weighted by Gasteiger charge is 2.33. The molecule has 234 valence electrons. The second-order valence-electron chi connectivity index (χ2n) is 11.3. The summed E-state index contributed by atoms with van der Waals surface area (Å²) in [4.78, 5) is 0. The maximum absolute atomic E-state index is 15.2. The SMILES string of the molecule is Cc1cc(C)c(P(CC[BH-](c2c(F)c(F)c(F)c(F)c2F)c2c(F)c(F)c(F)c(F)c2F)c2c(C)cc(C)cc2C)c(C)c1. The minimum absolute atomic E-state index is 0.135. The van der Waals surface area contributed by atoms with E-state index in [4.69, 9.17) is 0 Å². The smallest absolute Gasteiger partial charge is 0.200 e. The van der Waals surface area contributed by atoms with Gasteiger partial charge in [0.05, 0.1) is 6.71 Å². The summed E-state index contributed by atoms with van der Waals surface area (Å²) < 4.78 is 146. The zero-order chi connectivity index (χ0) is 32.9.